The summed E-state index contributed by atoms with van der Waals surface area (Å²) in [5, 5.41) is 17.8. The van der Waals surface area contributed by atoms with Crippen molar-refractivity contribution in [2.75, 3.05) is 24.4 Å². The first kappa shape index (κ1) is 27.7. The Labute approximate surface area is 234 Å². The number of hydrogen-bond donors (Lipinski definition) is 2. The molecule has 14 heteroatoms. The van der Waals surface area contributed by atoms with E-state index in [1.807, 2.05) is 0 Å². The maximum absolute atomic E-state index is 13.3. The average molecular weight is 563 g/mol. The normalized spacial score (nSPS) is 16.6. The highest BCUT2D eigenvalue weighted by Crippen LogP contribution is 2.32. The second-order valence-corrected chi connectivity index (χ2v) is 10.5. The lowest BCUT2D eigenvalue weighted by Crippen LogP contribution is -2.51. The minimum atomic E-state index is -0.760. The molecule has 214 valence electrons. The van der Waals surface area contributed by atoms with Crippen molar-refractivity contribution < 1.29 is 23.6 Å². The van der Waals surface area contributed by atoms with Gasteiger partial charge in [-0.1, -0.05) is 5.16 Å². The molecule has 0 saturated heterocycles. The van der Waals surface area contributed by atoms with Crippen LogP contribution in [0.3, 0.4) is 0 Å². The van der Waals surface area contributed by atoms with Crippen molar-refractivity contribution in [2.24, 2.45) is 0 Å². The molecule has 1 saturated carbocycles. The number of anilines is 3. The summed E-state index contributed by atoms with van der Waals surface area (Å²) in [6.07, 6.45) is 3.90. The molecule has 4 heterocycles. The van der Waals surface area contributed by atoms with Gasteiger partial charge in [-0.05, 0) is 57.9 Å². The maximum atomic E-state index is 13.3. The van der Waals surface area contributed by atoms with Crippen LogP contribution in [-0.2, 0) is 9.47 Å². The van der Waals surface area contributed by atoms with Crippen LogP contribution in [0.5, 0.6) is 0 Å². The lowest BCUT2D eigenvalue weighted by Gasteiger charge is -2.35. The molecule has 1 aliphatic carbocycles. The van der Waals surface area contributed by atoms with E-state index in [4.69, 9.17) is 14.0 Å². The molecule has 1 fully saturated rings. The van der Waals surface area contributed by atoms with Crippen molar-refractivity contribution in [1.82, 2.24) is 30.2 Å². The van der Waals surface area contributed by atoms with Crippen LogP contribution < -0.4 is 21.1 Å². The third kappa shape index (κ3) is 5.72. The molecule has 0 bridgehead atoms. The largest absolute Gasteiger partial charge is 0.443 e. The monoisotopic (exact) mass is 562 g/mol. The highest BCUT2D eigenvalue weighted by Gasteiger charge is 2.34. The quantitative estimate of drug-likeness (QED) is 0.339. The number of carbonyl (C=O) groups is 2. The maximum Gasteiger partial charge on any atom is 0.414 e. The summed E-state index contributed by atoms with van der Waals surface area (Å²) in [5.74, 6) is -0.181. The molecule has 0 aromatic carbocycles. The van der Waals surface area contributed by atoms with Gasteiger partial charge in [-0.2, -0.15) is 5.10 Å². The molecule has 0 aliphatic heterocycles. The molecule has 0 spiro atoms. The van der Waals surface area contributed by atoms with Crippen LogP contribution in [0.1, 0.15) is 44.2 Å². The van der Waals surface area contributed by atoms with E-state index in [9.17, 15) is 14.4 Å². The molecule has 41 heavy (non-hydrogen) atoms. The van der Waals surface area contributed by atoms with Crippen LogP contribution in [0.2, 0.25) is 0 Å². The van der Waals surface area contributed by atoms with Crippen LogP contribution in [0, 0.1) is 0 Å². The van der Waals surface area contributed by atoms with Gasteiger partial charge in [0.05, 0.1) is 17.8 Å². The van der Waals surface area contributed by atoms with Crippen molar-refractivity contribution in [1.29, 1.82) is 0 Å². The van der Waals surface area contributed by atoms with Crippen molar-refractivity contribution >= 4 is 40.2 Å². The van der Waals surface area contributed by atoms with Gasteiger partial charge in [0.1, 0.15) is 22.6 Å². The minimum Gasteiger partial charge on any atom is -0.443 e. The Morgan fingerprint density at radius 1 is 1.17 bits per heavy atom. The number of amides is 2. The number of nitrogens with one attached hydrogen (secondary N) is 2. The molecule has 4 aromatic heterocycles. The second-order valence-electron chi connectivity index (χ2n) is 10.5. The second kappa shape index (κ2) is 11.0. The van der Waals surface area contributed by atoms with Crippen molar-refractivity contribution in [3.63, 3.8) is 0 Å². The summed E-state index contributed by atoms with van der Waals surface area (Å²) in [7, 11) is 3.09. The molecular weight excluding hydrogens is 532 g/mol. The van der Waals surface area contributed by atoms with E-state index in [1.165, 1.54) is 28.8 Å². The number of hydrogen-bond acceptors (Lipinski definition) is 11. The number of nitrogens with zero attached hydrogens (tertiary/aromatic N) is 6. The Balaban J connectivity index is 1.56. The molecule has 5 rings (SSSR count). The molecule has 2 amide bonds. The van der Waals surface area contributed by atoms with E-state index < -0.39 is 23.2 Å². The topological polar surface area (TPSA) is 167 Å². The van der Waals surface area contributed by atoms with E-state index in [-0.39, 0.29) is 46.1 Å². The number of pyridine rings is 2. The Morgan fingerprint density at radius 3 is 2.63 bits per heavy atom. The van der Waals surface area contributed by atoms with E-state index in [0.29, 0.717) is 5.82 Å². The SMILES string of the molecule is CO[C@@H]1CC[C@H]1NC(=O)c1onc2c(N(C)C(=O)OC(C)(C)C)cc(Nc3cccn(-c4cccnn4)c3=O)nc12. The molecular formula is C27H30N8O6. The number of carbonyl (C=O) groups excluding carboxylic acids is 2. The number of fused-ring (bicyclic) bond motifs is 1. The van der Waals surface area contributed by atoms with Gasteiger partial charge in [0.25, 0.3) is 11.5 Å². The fourth-order valence-corrected chi connectivity index (χ4v) is 4.29. The molecule has 2 N–H and O–H groups in total. The Hall–Kier alpha value is -4.85. The highest BCUT2D eigenvalue weighted by atomic mass is 16.6. The minimum absolute atomic E-state index is 0.0939. The summed E-state index contributed by atoms with van der Waals surface area (Å²) in [6.45, 7) is 5.24. The van der Waals surface area contributed by atoms with Crippen LogP contribution in [0.15, 0.2) is 52.0 Å². The van der Waals surface area contributed by atoms with Crippen molar-refractivity contribution in [2.45, 2.75) is 51.4 Å². The fraction of sp³-hybridized carbons (Fsp3) is 0.370. The Kier molecular flexibility index (Phi) is 7.41. The fourth-order valence-electron chi connectivity index (χ4n) is 4.29. The summed E-state index contributed by atoms with van der Waals surface area (Å²) < 4.78 is 17.7. The van der Waals surface area contributed by atoms with Crippen LogP contribution >= 0.6 is 0 Å². The smallest absolute Gasteiger partial charge is 0.414 e. The number of ether oxygens (including phenoxy) is 2. The summed E-state index contributed by atoms with van der Waals surface area (Å²) in [6, 6.07) is 7.88. The molecule has 1 aliphatic rings. The first-order chi connectivity index (χ1) is 19.6. The van der Waals surface area contributed by atoms with E-state index in [2.05, 4.69) is 31.0 Å². The van der Waals surface area contributed by atoms with Gasteiger partial charge in [0.15, 0.2) is 11.3 Å². The van der Waals surface area contributed by atoms with Gasteiger partial charge in [-0.3, -0.25) is 19.1 Å². The number of aromatic nitrogens is 5. The molecule has 4 aromatic rings. The molecule has 0 unspecified atom stereocenters. The number of rotatable bonds is 7. The first-order valence-electron chi connectivity index (χ1n) is 12.9. The van der Waals surface area contributed by atoms with E-state index >= 15 is 0 Å². The lowest BCUT2D eigenvalue weighted by atomic mass is 9.89. The Bertz CT molecular complexity index is 1640. The van der Waals surface area contributed by atoms with Gasteiger partial charge in [-0.15, -0.1) is 5.10 Å². The number of methoxy groups -OCH3 is 1. The summed E-state index contributed by atoms with van der Waals surface area (Å²) in [4.78, 5) is 45.2. The van der Waals surface area contributed by atoms with Gasteiger partial charge in [0.2, 0.25) is 5.76 Å². The van der Waals surface area contributed by atoms with Crippen LogP contribution in [-0.4, -0.2) is 68.8 Å². The van der Waals surface area contributed by atoms with Gasteiger partial charge < -0.3 is 24.6 Å². The van der Waals surface area contributed by atoms with Gasteiger partial charge in [-0.25, -0.2) is 9.78 Å². The summed E-state index contributed by atoms with van der Waals surface area (Å²) in [5.41, 5.74) is -0.513. The third-order valence-electron chi connectivity index (χ3n) is 6.50. The average Bonchev–Trinajstić information content (AvgIpc) is 3.35. The van der Waals surface area contributed by atoms with E-state index in [0.717, 1.165) is 12.8 Å². The Morgan fingerprint density at radius 2 is 1.98 bits per heavy atom. The zero-order valence-electron chi connectivity index (χ0n) is 23.2. The zero-order valence-corrected chi connectivity index (χ0v) is 23.2. The first-order valence-corrected chi connectivity index (χ1v) is 12.9. The van der Waals surface area contributed by atoms with Crippen LogP contribution in [0.4, 0.5) is 22.0 Å². The highest BCUT2D eigenvalue weighted by molar-refractivity contribution is 6.07. The predicted octanol–water partition coefficient (Wildman–Crippen LogP) is 3.19. The van der Waals surface area contributed by atoms with Gasteiger partial charge >= 0.3 is 6.09 Å². The van der Waals surface area contributed by atoms with Crippen molar-refractivity contribution in [3.05, 3.63) is 58.8 Å². The lowest BCUT2D eigenvalue weighted by molar-refractivity contribution is 0.00677. The molecule has 0 radical (unpaired) electrons. The molecule has 14 nitrogen and oxygen atoms in total. The molecule has 2 atom stereocenters. The van der Waals surface area contributed by atoms with Crippen molar-refractivity contribution in [3.8, 4) is 5.82 Å². The van der Waals surface area contributed by atoms with Crippen LogP contribution in [0.25, 0.3) is 16.9 Å². The van der Waals surface area contributed by atoms with E-state index in [1.54, 1.807) is 58.3 Å². The third-order valence-corrected chi connectivity index (χ3v) is 6.50. The standard InChI is InChI=1S/C27H30N8O6/c1-27(2,3)40-26(38)34(4)17-14-19(29-16-8-7-13-35(25(16)37)20-9-6-12-28-32-20)31-22-21(17)33-41-23(22)24(36)30-15-10-11-18(15)39-5/h6-9,12-15,18H,10-11H2,1-5H3,(H,29,31)(H,30,36)/t15-,18-/m1/s1. The predicted molar refractivity (Wildman–Crippen MR) is 149 cm³/mol. The van der Waals surface area contributed by atoms with Gasteiger partial charge in [0, 0.05) is 32.6 Å². The summed E-state index contributed by atoms with van der Waals surface area (Å²) >= 11 is 0. The zero-order chi connectivity index (χ0) is 29.3.